The van der Waals surface area contributed by atoms with Gasteiger partial charge in [0, 0.05) is 49.6 Å². The molecule has 0 atom stereocenters. The molecule has 316 valence electrons. The normalized spacial score (nSPS) is 11.8. The molecule has 68 heavy (non-hydrogen) atoms. The van der Waals surface area contributed by atoms with Crippen molar-refractivity contribution in [2.24, 2.45) is 0 Å². The zero-order valence-corrected chi connectivity index (χ0v) is 36.8. The monoisotopic (exact) mass is 865 g/mol. The highest BCUT2D eigenvalue weighted by Crippen LogP contribution is 2.41. The molecule has 0 amide bonds. The van der Waals surface area contributed by atoms with Crippen LogP contribution >= 0.6 is 0 Å². The predicted octanol–water partition coefficient (Wildman–Crippen LogP) is 16.2. The van der Waals surface area contributed by atoms with Gasteiger partial charge in [0.05, 0.1) is 22.1 Å². The molecule has 0 saturated carbocycles. The van der Waals surface area contributed by atoms with Gasteiger partial charge in [0.1, 0.15) is 0 Å². The number of hydrogen-bond acceptors (Lipinski definition) is 3. The molecule has 14 aromatic rings. The number of fused-ring (bicyclic) bond motifs is 12. The second-order valence-corrected chi connectivity index (χ2v) is 17.6. The summed E-state index contributed by atoms with van der Waals surface area (Å²) in [4.78, 5) is 15.9. The number of benzene rings is 11. The minimum absolute atomic E-state index is 0.603. The third-order valence-corrected chi connectivity index (χ3v) is 13.7. The highest BCUT2D eigenvalue weighted by molar-refractivity contribution is 6.25. The zero-order valence-electron chi connectivity index (χ0n) is 36.8. The van der Waals surface area contributed by atoms with Crippen LogP contribution in [-0.4, -0.2) is 24.1 Å². The largest absolute Gasteiger partial charge is 0.309 e. The molecule has 3 heterocycles. The maximum Gasteiger partial charge on any atom is 0.164 e. The zero-order chi connectivity index (χ0) is 44.7. The minimum Gasteiger partial charge on any atom is -0.309 e. The fraction of sp³-hybridized carbons (Fsp3) is 0. The molecular weight excluding hydrogens is 827 g/mol. The predicted molar refractivity (Wildman–Crippen MR) is 283 cm³/mol. The Morgan fingerprint density at radius 1 is 0.206 bits per heavy atom. The molecule has 0 bridgehead atoms. The van der Waals surface area contributed by atoms with Crippen LogP contribution in [0.4, 0.5) is 0 Å². The molecule has 5 heteroatoms. The van der Waals surface area contributed by atoms with Gasteiger partial charge >= 0.3 is 0 Å². The maximum atomic E-state index is 5.39. The first-order valence-corrected chi connectivity index (χ1v) is 23.1. The van der Waals surface area contributed by atoms with Crippen LogP contribution in [0.5, 0.6) is 0 Å². The lowest BCUT2D eigenvalue weighted by molar-refractivity contribution is 1.07. The molecule has 0 unspecified atom stereocenters. The Balaban J connectivity index is 0.996. The first-order valence-electron chi connectivity index (χ1n) is 23.1. The number of para-hydroxylation sites is 3. The molecule has 0 aliphatic carbocycles. The molecule has 0 aliphatic heterocycles. The Labute approximate surface area is 391 Å². The van der Waals surface area contributed by atoms with Crippen molar-refractivity contribution < 1.29 is 0 Å². The summed E-state index contributed by atoms with van der Waals surface area (Å²) in [5.74, 6) is 1.84. The molecular formula is C63H39N5. The summed E-state index contributed by atoms with van der Waals surface area (Å²) in [6.45, 7) is 0. The van der Waals surface area contributed by atoms with E-state index < -0.39 is 0 Å². The molecule has 0 spiro atoms. The molecule has 0 saturated heterocycles. The van der Waals surface area contributed by atoms with Gasteiger partial charge in [-0.15, -0.1) is 0 Å². The van der Waals surface area contributed by atoms with E-state index in [1.165, 1.54) is 64.9 Å². The molecule has 3 aromatic heterocycles. The van der Waals surface area contributed by atoms with Crippen LogP contribution in [0.2, 0.25) is 0 Å². The van der Waals surface area contributed by atoms with E-state index in [4.69, 9.17) is 15.0 Å². The van der Waals surface area contributed by atoms with Crippen molar-refractivity contribution in [3.05, 3.63) is 237 Å². The lowest BCUT2D eigenvalue weighted by Gasteiger charge is -2.15. The van der Waals surface area contributed by atoms with Crippen LogP contribution in [0.1, 0.15) is 0 Å². The van der Waals surface area contributed by atoms with Crippen molar-refractivity contribution in [3.8, 4) is 56.7 Å². The fourth-order valence-electron chi connectivity index (χ4n) is 10.6. The second kappa shape index (κ2) is 15.2. The van der Waals surface area contributed by atoms with Crippen molar-refractivity contribution >= 4 is 75.9 Å². The third-order valence-electron chi connectivity index (χ3n) is 13.7. The summed E-state index contributed by atoms with van der Waals surface area (Å²) in [6.07, 6.45) is 0. The summed E-state index contributed by atoms with van der Waals surface area (Å²) < 4.78 is 4.79. The summed E-state index contributed by atoms with van der Waals surface area (Å²) >= 11 is 0. The van der Waals surface area contributed by atoms with Gasteiger partial charge < -0.3 is 9.13 Å². The summed E-state index contributed by atoms with van der Waals surface area (Å²) in [5, 5.41) is 12.1. The van der Waals surface area contributed by atoms with E-state index in [0.717, 1.165) is 50.2 Å². The molecule has 0 N–H and O–H groups in total. The first kappa shape index (κ1) is 38.1. The van der Waals surface area contributed by atoms with Gasteiger partial charge in [0.2, 0.25) is 0 Å². The molecule has 0 fully saturated rings. The Hall–Kier alpha value is -9.19. The molecule has 14 rings (SSSR count). The molecule has 0 aliphatic rings. The van der Waals surface area contributed by atoms with Crippen molar-refractivity contribution in [3.63, 3.8) is 0 Å². The molecule has 0 radical (unpaired) electrons. The topological polar surface area (TPSA) is 48.5 Å². The Kier molecular flexibility index (Phi) is 8.52. The van der Waals surface area contributed by atoms with Gasteiger partial charge in [-0.05, 0) is 104 Å². The van der Waals surface area contributed by atoms with Gasteiger partial charge in [-0.25, -0.2) is 15.0 Å². The van der Waals surface area contributed by atoms with E-state index in [2.05, 4.69) is 228 Å². The number of nitrogens with zero attached hydrogens (tertiary/aromatic N) is 5. The quantitative estimate of drug-likeness (QED) is 0.156. The summed E-state index contributed by atoms with van der Waals surface area (Å²) in [7, 11) is 0. The first-order chi connectivity index (χ1) is 33.7. The van der Waals surface area contributed by atoms with E-state index in [9.17, 15) is 0 Å². The van der Waals surface area contributed by atoms with Crippen LogP contribution in [0.25, 0.3) is 133 Å². The van der Waals surface area contributed by atoms with Gasteiger partial charge in [-0.3, -0.25) is 0 Å². The van der Waals surface area contributed by atoms with Crippen LogP contribution in [0.3, 0.4) is 0 Å². The highest BCUT2D eigenvalue weighted by atomic mass is 15.0. The van der Waals surface area contributed by atoms with Gasteiger partial charge in [0.15, 0.2) is 17.5 Å². The summed E-state index contributed by atoms with van der Waals surface area (Å²) in [6, 6.07) is 84.7. The number of aromatic nitrogens is 5. The lowest BCUT2D eigenvalue weighted by atomic mass is 9.93. The Morgan fingerprint density at radius 2 is 0.618 bits per heavy atom. The standard InChI is InChI=1S/C63H39N5/c1-3-17-40(18-4-1)43-35-44(37-46(36-43)68-59-30-16-13-27-54(59)56-39-45(32-34-60(56)68)67-57-28-14-11-25-52(57)53-26-12-15-29-58(53)67)63-65-61(41-19-5-2-6-20-41)64-62(66-63)42-31-33-51-49-23-8-7-21-47(49)48-22-9-10-24-50(48)55(51)38-42/h1-39H. The van der Waals surface area contributed by atoms with Crippen LogP contribution in [-0.2, 0) is 0 Å². The highest BCUT2D eigenvalue weighted by Gasteiger charge is 2.20. The molecule has 5 nitrogen and oxygen atoms in total. The van der Waals surface area contributed by atoms with E-state index in [1.807, 2.05) is 18.2 Å². The number of hydrogen-bond donors (Lipinski definition) is 0. The third kappa shape index (κ3) is 5.99. The van der Waals surface area contributed by atoms with Crippen molar-refractivity contribution in [2.45, 2.75) is 0 Å². The Morgan fingerprint density at radius 3 is 1.21 bits per heavy atom. The van der Waals surface area contributed by atoms with Crippen molar-refractivity contribution in [1.29, 1.82) is 0 Å². The SMILES string of the molecule is c1ccc(-c2cc(-c3nc(-c4ccccc4)nc(-c4ccc5c6ccccc6c6ccccc6c5c4)n3)cc(-n3c4ccccc4c4cc(-n5c6ccccc6c6ccccc65)ccc43)c2)cc1. The fourth-order valence-corrected chi connectivity index (χ4v) is 10.6. The maximum absolute atomic E-state index is 5.39. The van der Waals surface area contributed by atoms with Crippen molar-refractivity contribution in [2.75, 3.05) is 0 Å². The van der Waals surface area contributed by atoms with E-state index >= 15 is 0 Å². The smallest absolute Gasteiger partial charge is 0.164 e. The van der Waals surface area contributed by atoms with Crippen LogP contribution in [0, 0.1) is 0 Å². The second-order valence-electron chi connectivity index (χ2n) is 17.6. The van der Waals surface area contributed by atoms with E-state index in [1.54, 1.807) is 0 Å². The lowest BCUT2D eigenvalue weighted by Crippen LogP contribution is -2.02. The van der Waals surface area contributed by atoms with Gasteiger partial charge in [-0.2, -0.15) is 0 Å². The minimum atomic E-state index is 0.603. The number of rotatable bonds is 6. The van der Waals surface area contributed by atoms with Gasteiger partial charge in [0.25, 0.3) is 0 Å². The molecule has 11 aromatic carbocycles. The van der Waals surface area contributed by atoms with Crippen LogP contribution in [0.15, 0.2) is 237 Å². The summed E-state index contributed by atoms with van der Waals surface area (Å²) in [5.41, 5.74) is 11.7. The average molecular weight is 866 g/mol. The van der Waals surface area contributed by atoms with E-state index in [0.29, 0.717) is 17.5 Å². The van der Waals surface area contributed by atoms with Gasteiger partial charge in [-0.1, -0.05) is 176 Å². The van der Waals surface area contributed by atoms with Crippen molar-refractivity contribution in [1.82, 2.24) is 24.1 Å². The van der Waals surface area contributed by atoms with Crippen LogP contribution < -0.4 is 0 Å². The Bertz CT molecular complexity index is 4230. The van der Waals surface area contributed by atoms with E-state index in [-0.39, 0.29) is 0 Å². The average Bonchev–Trinajstić information content (AvgIpc) is 3.94.